The summed E-state index contributed by atoms with van der Waals surface area (Å²) in [5.41, 5.74) is 5.87. The zero-order valence-electron chi connectivity index (χ0n) is 9.80. The Morgan fingerprint density at radius 1 is 1.43 bits per heavy atom. The molecular formula is C11H25FN2. The summed E-state index contributed by atoms with van der Waals surface area (Å²) in [6.07, 6.45) is 1.73. The second-order valence-electron chi connectivity index (χ2n) is 3.77. The summed E-state index contributed by atoms with van der Waals surface area (Å²) in [5.74, 6) is 0.568. The molecule has 86 valence electrons. The topological polar surface area (TPSA) is 29.3 Å². The van der Waals surface area contributed by atoms with Crippen molar-refractivity contribution >= 4 is 0 Å². The molecule has 0 aromatic carbocycles. The molecule has 1 aliphatic heterocycles. The Kier molecular flexibility index (Phi) is 8.09. The minimum Gasteiger partial charge on any atom is -0.327 e. The van der Waals surface area contributed by atoms with Gasteiger partial charge in [0.15, 0.2) is 0 Å². The van der Waals surface area contributed by atoms with E-state index in [1.165, 1.54) is 0 Å². The van der Waals surface area contributed by atoms with Gasteiger partial charge in [-0.05, 0) is 25.3 Å². The quantitative estimate of drug-likeness (QED) is 0.762. The first-order valence-corrected chi connectivity index (χ1v) is 5.78. The zero-order valence-corrected chi connectivity index (χ0v) is 9.80. The molecule has 1 heterocycles. The number of halogens is 1. The van der Waals surface area contributed by atoms with Crippen molar-refractivity contribution in [1.82, 2.24) is 4.90 Å². The molecule has 0 aromatic rings. The Labute approximate surface area is 87.7 Å². The van der Waals surface area contributed by atoms with E-state index in [1.54, 1.807) is 0 Å². The highest BCUT2D eigenvalue weighted by Crippen LogP contribution is 2.14. The van der Waals surface area contributed by atoms with Crippen LogP contribution in [-0.4, -0.2) is 37.3 Å². The fraction of sp³-hybridized carbons (Fsp3) is 1.00. The van der Waals surface area contributed by atoms with Crippen molar-refractivity contribution in [3.63, 3.8) is 0 Å². The Hall–Kier alpha value is -0.150. The average Bonchev–Trinajstić information content (AvgIpc) is 2.23. The van der Waals surface area contributed by atoms with E-state index in [0.29, 0.717) is 18.4 Å². The molecule has 1 rings (SSSR count). The van der Waals surface area contributed by atoms with Gasteiger partial charge >= 0.3 is 0 Å². The molecule has 1 fully saturated rings. The number of nitrogens with zero attached hydrogens (tertiary/aromatic N) is 1. The van der Waals surface area contributed by atoms with Gasteiger partial charge in [0, 0.05) is 19.1 Å². The van der Waals surface area contributed by atoms with Crippen LogP contribution in [0.25, 0.3) is 0 Å². The van der Waals surface area contributed by atoms with Crippen LogP contribution in [0, 0.1) is 5.92 Å². The molecular weight excluding hydrogens is 179 g/mol. The van der Waals surface area contributed by atoms with Crippen molar-refractivity contribution in [3.8, 4) is 0 Å². The highest BCUT2D eigenvalue weighted by molar-refractivity contribution is 4.79. The van der Waals surface area contributed by atoms with Gasteiger partial charge in [0.1, 0.15) is 0 Å². The van der Waals surface area contributed by atoms with Gasteiger partial charge in [-0.25, -0.2) is 0 Å². The van der Waals surface area contributed by atoms with Crippen LogP contribution in [0.3, 0.4) is 0 Å². The molecule has 3 heteroatoms. The van der Waals surface area contributed by atoms with Crippen LogP contribution in [0.1, 0.15) is 33.6 Å². The fourth-order valence-corrected chi connectivity index (χ4v) is 1.74. The van der Waals surface area contributed by atoms with E-state index in [4.69, 9.17) is 5.73 Å². The van der Waals surface area contributed by atoms with Gasteiger partial charge in [-0.15, -0.1) is 0 Å². The summed E-state index contributed by atoms with van der Waals surface area (Å²) >= 11 is 0. The van der Waals surface area contributed by atoms with Gasteiger partial charge in [0.05, 0.1) is 6.67 Å². The first-order valence-electron chi connectivity index (χ1n) is 5.78. The molecule has 2 nitrogen and oxygen atoms in total. The second-order valence-corrected chi connectivity index (χ2v) is 3.77. The highest BCUT2D eigenvalue weighted by atomic mass is 19.1. The smallest absolute Gasteiger partial charge is 0.0906 e. The first kappa shape index (κ1) is 13.8. The molecule has 2 atom stereocenters. The second kappa shape index (κ2) is 8.18. The van der Waals surface area contributed by atoms with Crippen molar-refractivity contribution in [3.05, 3.63) is 0 Å². The summed E-state index contributed by atoms with van der Waals surface area (Å²) < 4.78 is 11.9. The predicted octanol–water partition coefficient (Wildman–Crippen LogP) is 2.04. The van der Waals surface area contributed by atoms with Crippen molar-refractivity contribution < 1.29 is 4.39 Å². The van der Waals surface area contributed by atoms with Gasteiger partial charge in [0.2, 0.25) is 0 Å². The largest absolute Gasteiger partial charge is 0.327 e. The average molecular weight is 204 g/mol. The third-order valence-corrected chi connectivity index (χ3v) is 2.66. The number of nitrogens with two attached hydrogens (primary N) is 1. The predicted molar refractivity (Wildman–Crippen MR) is 60.1 cm³/mol. The van der Waals surface area contributed by atoms with E-state index < -0.39 is 0 Å². The Balaban J connectivity index is 0.000000791. The monoisotopic (exact) mass is 204 g/mol. The molecule has 0 bridgehead atoms. The highest BCUT2D eigenvalue weighted by Gasteiger charge is 2.22. The number of hydrogen-bond donors (Lipinski definition) is 1. The Bertz CT molecular complexity index is 128. The van der Waals surface area contributed by atoms with Gasteiger partial charge in [-0.3, -0.25) is 4.39 Å². The van der Waals surface area contributed by atoms with E-state index in [2.05, 4.69) is 11.8 Å². The lowest BCUT2D eigenvalue weighted by Crippen LogP contribution is -2.46. The Morgan fingerprint density at radius 3 is 2.57 bits per heavy atom. The maximum Gasteiger partial charge on any atom is 0.0906 e. The number of hydrogen-bond acceptors (Lipinski definition) is 2. The molecule has 1 saturated heterocycles. The number of rotatable bonds is 3. The molecule has 0 saturated carbocycles. The molecule has 0 spiro atoms. The standard InChI is InChI=1S/C9H19FN2.C2H6/c1-8-7-12(5-2-4-10)6-3-9(8)11;1-2/h8-9H,2-7,11H2,1H3;1-2H3. The van der Waals surface area contributed by atoms with E-state index in [9.17, 15) is 4.39 Å². The van der Waals surface area contributed by atoms with Gasteiger partial charge < -0.3 is 10.6 Å². The van der Waals surface area contributed by atoms with Crippen LogP contribution >= 0.6 is 0 Å². The van der Waals surface area contributed by atoms with Crippen molar-refractivity contribution in [2.75, 3.05) is 26.3 Å². The van der Waals surface area contributed by atoms with Crippen LogP contribution in [0.15, 0.2) is 0 Å². The summed E-state index contributed by atoms with van der Waals surface area (Å²) in [6.45, 7) is 8.96. The summed E-state index contributed by atoms with van der Waals surface area (Å²) in [6, 6.07) is 0.353. The SMILES string of the molecule is CC.CC1CN(CCCF)CCC1N. The fourth-order valence-electron chi connectivity index (χ4n) is 1.74. The minimum atomic E-state index is -0.197. The molecule has 0 amide bonds. The third kappa shape index (κ3) is 4.91. The summed E-state index contributed by atoms with van der Waals surface area (Å²) in [5, 5.41) is 0. The van der Waals surface area contributed by atoms with Crippen molar-refractivity contribution in [1.29, 1.82) is 0 Å². The maximum absolute atomic E-state index is 11.9. The maximum atomic E-state index is 11.9. The van der Waals surface area contributed by atoms with Gasteiger partial charge in [-0.1, -0.05) is 20.8 Å². The zero-order chi connectivity index (χ0) is 11.0. The van der Waals surface area contributed by atoms with Crippen molar-refractivity contribution in [2.45, 2.75) is 39.7 Å². The molecule has 0 aliphatic carbocycles. The molecule has 1 aliphatic rings. The number of alkyl halides is 1. The van der Waals surface area contributed by atoms with Crippen LogP contribution in [0.2, 0.25) is 0 Å². The van der Waals surface area contributed by atoms with Gasteiger partial charge in [-0.2, -0.15) is 0 Å². The lowest BCUT2D eigenvalue weighted by atomic mass is 9.95. The normalized spacial score (nSPS) is 28.1. The molecule has 0 radical (unpaired) electrons. The lowest BCUT2D eigenvalue weighted by molar-refractivity contribution is 0.159. The van der Waals surface area contributed by atoms with E-state index >= 15 is 0 Å². The van der Waals surface area contributed by atoms with Crippen molar-refractivity contribution in [2.24, 2.45) is 11.7 Å². The van der Waals surface area contributed by atoms with E-state index in [1.807, 2.05) is 13.8 Å². The number of likely N-dealkylation sites (tertiary alicyclic amines) is 1. The molecule has 2 N–H and O–H groups in total. The molecule has 14 heavy (non-hydrogen) atoms. The van der Waals surface area contributed by atoms with Crippen LogP contribution in [0.5, 0.6) is 0 Å². The van der Waals surface area contributed by atoms with Gasteiger partial charge in [0.25, 0.3) is 0 Å². The van der Waals surface area contributed by atoms with Crippen LogP contribution in [-0.2, 0) is 0 Å². The molecule has 0 aromatic heterocycles. The third-order valence-electron chi connectivity index (χ3n) is 2.66. The van der Waals surface area contributed by atoms with Crippen LogP contribution < -0.4 is 5.73 Å². The van der Waals surface area contributed by atoms with E-state index in [0.717, 1.165) is 26.1 Å². The number of piperidine rings is 1. The van der Waals surface area contributed by atoms with Crippen LogP contribution in [0.4, 0.5) is 4.39 Å². The summed E-state index contributed by atoms with van der Waals surface area (Å²) in [4.78, 5) is 2.31. The lowest BCUT2D eigenvalue weighted by Gasteiger charge is -2.34. The minimum absolute atomic E-state index is 0.197. The first-order chi connectivity index (χ1) is 6.74. The van der Waals surface area contributed by atoms with E-state index in [-0.39, 0.29) is 6.67 Å². The molecule has 2 unspecified atom stereocenters. The summed E-state index contributed by atoms with van der Waals surface area (Å²) in [7, 11) is 0. The Morgan fingerprint density at radius 2 is 2.07 bits per heavy atom.